The first-order chi connectivity index (χ1) is 13.7. The third-order valence-corrected chi connectivity index (χ3v) is 4.51. The summed E-state index contributed by atoms with van der Waals surface area (Å²) in [5.41, 5.74) is 6.00. The highest BCUT2D eigenvalue weighted by atomic mass is 35.5. The van der Waals surface area contributed by atoms with Crippen molar-refractivity contribution in [2.24, 2.45) is 5.73 Å². The molecule has 29 heavy (non-hydrogen) atoms. The van der Waals surface area contributed by atoms with Gasteiger partial charge in [0.05, 0.1) is 16.1 Å². The molecule has 3 aromatic carbocycles. The van der Waals surface area contributed by atoms with E-state index in [1.165, 1.54) is 30.3 Å². The Hall–Kier alpha value is -3.32. The Balaban J connectivity index is 1.92. The smallest absolute Gasteiger partial charge is 0.366 e. The number of nitrogens with two attached hydrogens (primary N) is 1. The average molecular weight is 419 g/mol. The summed E-state index contributed by atoms with van der Waals surface area (Å²) in [6, 6.07) is 15.3. The van der Waals surface area contributed by atoms with Crippen LogP contribution >= 0.6 is 11.6 Å². The highest BCUT2D eigenvalue weighted by Gasteiger charge is 2.30. The minimum Gasteiger partial charge on any atom is -0.366 e. The van der Waals surface area contributed by atoms with Gasteiger partial charge in [0.1, 0.15) is 0 Å². The van der Waals surface area contributed by atoms with Crippen LogP contribution in [0.15, 0.2) is 66.7 Å². The summed E-state index contributed by atoms with van der Waals surface area (Å²) in [4.78, 5) is 24.2. The number of rotatable bonds is 4. The first-order valence-electron chi connectivity index (χ1n) is 8.34. The van der Waals surface area contributed by atoms with Gasteiger partial charge in [0.15, 0.2) is 0 Å². The van der Waals surface area contributed by atoms with Crippen molar-refractivity contribution in [3.05, 3.63) is 88.4 Å². The molecule has 3 aromatic rings. The third-order valence-electron chi connectivity index (χ3n) is 4.18. The lowest BCUT2D eigenvalue weighted by Gasteiger charge is -2.12. The number of hydrogen-bond acceptors (Lipinski definition) is 2. The van der Waals surface area contributed by atoms with E-state index in [2.05, 4.69) is 5.32 Å². The molecule has 0 atom stereocenters. The third kappa shape index (κ3) is 4.57. The summed E-state index contributed by atoms with van der Waals surface area (Å²) in [7, 11) is 0. The highest BCUT2D eigenvalue weighted by Crippen LogP contribution is 2.32. The first kappa shape index (κ1) is 20.4. The number of alkyl halides is 3. The Labute approximate surface area is 169 Å². The molecular formula is C21H14ClF3N2O2. The maximum absolute atomic E-state index is 12.8. The Kier molecular flexibility index (Phi) is 5.61. The molecule has 3 rings (SSSR count). The van der Waals surface area contributed by atoms with Crippen LogP contribution in [0.4, 0.5) is 18.9 Å². The minimum absolute atomic E-state index is 0.0560. The summed E-state index contributed by atoms with van der Waals surface area (Å²) in [5.74, 6) is -1.24. The maximum Gasteiger partial charge on any atom is 0.416 e. The molecule has 0 spiro atoms. The molecule has 0 bridgehead atoms. The number of amides is 2. The van der Waals surface area contributed by atoms with E-state index in [1.54, 1.807) is 24.3 Å². The maximum atomic E-state index is 12.8. The van der Waals surface area contributed by atoms with Gasteiger partial charge in [0.25, 0.3) is 5.91 Å². The fraction of sp³-hybridized carbons (Fsp3) is 0.0476. The van der Waals surface area contributed by atoms with Gasteiger partial charge in [-0.15, -0.1) is 0 Å². The summed E-state index contributed by atoms with van der Waals surface area (Å²) in [6.45, 7) is 0. The number of hydrogen-bond donors (Lipinski definition) is 2. The molecule has 0 aliphatic carbocycles. The summed E-state index contributed by atoms with van der Waals surface area (Å²) in [6.07, 6.45) is -4.44. The van der Waals surface area contributed by atoms with Gasteiger partial charge in [-0.1, -0.05) is 41.9 Å². The van der Waals surface area contributed by atoms with Crippen molar-refractivity contribution >= 4 is 29.1 Å². The van der Waals surface area contributed by atoms with Gasteiger partial charge in [-0.25, -0.2) is 0 Å². The van der Waals surface area contributed by atoms with Gasteiger partial charge >= 0.3 is 6.18 Å². The summed E-state index contributed by atoms with van der Waals surface area (Å²) < 4.78 is 38.3. The van der Waals surface area contributed by atoms with Gasteiger partial charge in [-0.2, -0.15) is 13.2 Å². The molecule has 0 fully saturated rings. The van der Waals surface area contributed by atoms with Crippen molar-refractivity contribution in [2.75, 3.05) is 5.32 Å². The van der Waals surface area contributed by atoms with Crippen LogP contribution in [0, 0.1) is 0 Å². The standard InChI is InChI=1S/C21H14ClF3N2O2/c22-18-10-9-14(11-17(18)19(26)28)27-20(29)16-4-2-1-3-15(16)12-5-7-13(8-6-12)21(23,24)25/h1-11H,(H2,26,28)(H,27,29). The second-order valence-electron chi connectivity index (χ2n) is 6.13. The molecule has 4 nitrogen and oxygen atoms in total. The van der Waals surface area contributed by atoms with E-state index in [0.29, 0.717) is 16.8 Å². The van der Waals surface area contributed by atoms with E-state index in [1.807, 2.05) is 0 Å². The molecule has 2 amide bonds. The van der Waals surface area contributed by atoms with Crippen molar-refractivity contribution in [2.45, 2.75) is 6.18 Å². The van der Waals surface area contributed by atoms with Crippen LogP contribution in [-0.4, -0.2) is 11.8 Å². The number of primary amides is 1. The van der Waals surface area contributed by atoms with E-state index in [-0.39, 0.29) is 16.1 Å². The Morgan fingerprint density at radius 2 is 1.55 bits per heavy atom. The van der Waals surface area contributed by atoms with Crippen LogP contribution in [0.2, 0.25) is 5.02 Å². The molecule has 0 heterocycles. The Morgan fingerprint density at radius 3 is 2.17 bits per heavy atom. The number of halogens is 4. The molecule has 0 unspecified atom stereocenters. The minimum atomic E-state index is -4.44. The molecule has 0 aliphatic heterocycles. The molecule has 0 saturated carbocycles. The van der Waals surface area contributed by atoms with E-state index in [9.17, 15) is 22.8 Å². The van der Waals surface area contributed by atoms with Crippen LogP contribution in [0.1, 0.15) is 26.3 Å². The zero-order valence-electron chi connectivity index (χ0n) is 14.8. The van der Waals surface area contributed by atoms with Gasteiger partial charge in [0, 0.05) is 11.3 Å². The fourth-order valence-corrected chi connectivity index (χ4v) is 2.97. The predicted octanol–water partition coefficient (Wildman–Crippen LogP) is 5.38. The van der Waals surface area contributed by atoms with Gasteiger partial charge in [-0.05, 0) is 47.5 Å². The van der Waals surface area contributed by atoms with Crippen LogP contribution in [0.5, 0.6) is 0 Å². The van der Waals surface area contributed by atoms with Crippen LogP contribution < -0.4 is 11.1 Å². The number of benzene rings is 3. The summed E-state index contributed by atoms with van der Waals surface area (Å²) >= 11 is 5.90. The second-order valence-corrected chi connectivity index (χ2v) is 6.54. The Bertz CT molecular complexity index is 1080. The van der Waals surface area contributed by atoms with E-state index >= 15 is 0 Å². The van der Waals surface area contributed by atoms with E-state index < -0.39 is 23.6 Å². The molecule has 0 saturated heterocycles. The lowest BCUT2D eigenvalue weighted by atomic mass is 9.98. The largest absolute Gasteiger partial charge is 0.416 e. The summed E-state index contributed by atoms with van der Waals surface area (Å²) in [5, 5.41) is 2.79. The fourth-order valence-electron chi connectivity index (χ4n) is 2.76. The average Bonchev–Trinajstić information content (AvgIpc) is 2.68. The highest BCUT2D eigenvalue weighted by molar-refractivity contribution is 6.34. The zero-order chi connectivity index (χ0) is 21.2. The molecule has 0 aromatic heterocycles. The van der Waals surface area contributed by atoms with Gasteiger partial charge in [0.2, 0.25) is 5.91 Å². The van der Waals surface area contributed by atoms with Crippen LogP contribution in [0.3, 0.4) is 0 Å². The quantitative estimate of drug-likeness (QED) is 0.597. The SMILES string of the molecule is NC(=O)c1cc(NC(=O)c2ccccc2-c2ccc(C(F)(F)F)cc2)ccc1Cl. The lowest BCUT2D eigenvalue weighted by Crippen LogP contribution is -2.15. The number of anilines is 1. The van der Waals surface area contributed by atoms with Gasteiger partial charge in [-0.3, -0.25) is 9.59 Å². The molecule has 148 valence electrons. The van der Waals surface area contributed by atoms with Crippen molar-refractivity contribution < 1.29 is 22.8 Å². The predicted molar refractivity (Wildman–Crippen MR) is 105 cm³/mol. The van der Waals surface area contributed by atoms with E-state index in [0.717, 1.165) is 12.1 Å². The van der Waals surface area contributed by atoms with Crippen LogP contribution in [0.25, 0.3) is 11.1 Å². The van der Waals surface area contributed by atoms with Crippen molar-refractivity contribution in [3.8, 4) is 11.1 Å². The first-order valence-corrected chi connectivity index (χ1v) is 8.72. The molecule has 3 N–H and O–H groups in total. The van der Waals surface area contributed by atoms with E-state index in [4.69, 9.17) is 17.3 Å². The second kappa shape index (κ2) is 7.97. The van der Waals surface area contributed by atoms with Crippen molar-refractivity contribution in [3.63, 3.8) is 0 Å². The molecular weight excluding hydrogens is 405 g/mol. The molecule has 8 heteroatoms. The van der Waals surface area contributed by atoms with Crippen molar-refractivity contribution in [1.29, 1.82) is 0 Å². The topological polar surface area (TPSA) is 72.2 Å². The number of carbonyl (C=O) groups excluding carboxylic acids is 2. The number of nitrogens with one attached hydrogen (secondary N) is 1. The Morgan fingerprint density at radius 1 is 0.897 bits per heavy atom. The zero-order valence-corrected chi connectivity index (χ0v) is 15.5. The van der Waals surface area contributed by atoms with Crippen molar-refractivity contribution in [1.82, 2.24) is 0 Å². The van der Waals surface area contributed by atoms with Crippen LogP contribution in [-0.2, 0) is 6.18 Å². The van der Waals surface area contributed by atoms with Gasteiger partial charge < -0.3 is 11.1 Å². The molecule has 0 radical (unpaired) electrons. The lowest BCUT2D eigenvalue weighted by molar-refractivity contribution is -0.137. The normalized spacial score (nSPS) is 11.2. The molecule has 0 aliphatic rings. The number of carbonyl (C=O) groups is 2. The monoisotopic (exact) mass is 418 g/mol.